The van der Waals surface area contributed by atoms with Gasteiger partial charge in [-0.2, -0.15) is 5.06 Å². The van der Waals surface area contributed by atoms with Crippen LogP contribution in [0.15, 0.2) is 0 Å². The van der Waals surface area contributed by atoms with E-state index in [0.29, 0.717) is 6.54 Å². The van der Waals surface area contributed by atoms with Crippen LogP contribution in [0, 0.1) is 0 Å². The minimum absolute atomic E-state index is 0.175. The van der Waals surface area contributed by atoms with Crippen LogP contribution in [-0.4, -0.2) is 28.6 Å². The Morgan fingerprint density at radius 1 is 1.73 bits per heavy atom. The van der Waals surface area contributed by atoms with Gasteiger partial charge in [0.25, 0.3) is 0 Å². The smallest absolute Gasteiger partial charge is 0.329 e. The summed E-state index contributed by atoms with van der Waals surface area (Å²) in [6.45, 7) is 1.80. The second-order valence-electron chi connectivity index (χ2n) is 2.15. The lowest BCUT2D eigenvalue weighted by Crippen LogP contribution is -2.34. The number of nitrogens with zero attached hydrogens (tertiary/aromatic N) is 1. The molecule has 0 N–H and O–H groups in total. The first kappa shape index (κ1) is 8.39. The predicted octanol–water partition coefficient (Wildman–Crippen LogP) is 1.02. The lowest BCUT2D eigenvalue weighted by molar-refractivity contribution is -0.172. The zero-order chi connectivity index (χ0) is 8.27. The van der Waals surface area contributed by atoms with E-state index in [1.165, 1.54) is 18.7 Å². The largest absolute Gasteiger partial charge is 0.338 e. The minimum Gasteiger partial charge on any atom is -0.338 e. The first-order valence-corrected chi connectivity index (χ1v) is 4.31. The summed E-state index contributed by atoms with van der Waals surface area (Å²) in [7, 11) is 0. The summed E-state index contributed by atoms with van der Waals surface area (Å²) in [5.74, 6) is 0.372. The highest BCUT2D eigenvalue weighted by Crippen LogP contribution is 2.16. The van der Waals surface area contributed by atoms with Crippen molar-refractivity contribution in [3.8, 4) is 0 Å². The van der Waals surface area contributed by atoms with Crippen LogP contribution in [0.1, 0.15) is 13.3 Å². The summed E-state index contributed by atoms with van der Waals surface area (Å²) < 4.78 is 0. The minimum atomic E-state index is -0.444. The lowest BCUT2D eigenvalue weighted by atomic mass is 10.5. The van der Waals surface area contributed by atoms with Crippen LogP contribution in [0.25, 0.3) is 0 Å². The summed E-state index contributed by atoms with van der Waals surface area (Å²) >= 11 is 1.18. The molecule has 0 spiro atoms. The molecule has 1 fully saturated rings. The Kier molecular flexibility index (Phi) is 2.76. The maximum atomic E-state index is 10.9. The van der Waals surface area contributed by atoms with Crippen LogP contribution < -0.4 is 0 Å². The molecular formula is C6H9NO3S. The number of amides is 1. The average Bonchev–Trinajstić information content (AvgIpc) is 1.93. The van der Waals surface area contributed by atoms with E-state index in [1.807, 2.05) is 0 Å². The first-order valence-electron chi connectivity index (χ1n) is 3.33. The quantitative estimate of drug-likeness (QED) is 0.597. The number of carbonyl (C=O) groups excluding carboxylic acids is 2. The molecule has 1 aliphatic heterocycles. The Bertz CT molecular complexity index is 183. The standard InChI is InChI=1S/C6H9NO3S/c1-5(8)10-7-3-2-4-11-6(7)9/h2-4H2,1H3. The molecule has 1 saturated heterocycles. The van der Waals surface area contributed by atoms with Gasteiger partial charge in [0.15, 0.2) is 0 Å². The summed E-state index contributed by atoms with van der Waals surface area (Å²) in [6, 6.07) is 0. The van der Waals surface area contributed by atoms with E-state index in [2.05, 4.69) is 4.84 Å². The molecule has 0 aromatic rings. The molecule has 62 valence electrons. The second-order valence-corrected chi connectivity index (χ2v) is 3.20. The van der Waals surface area contributed by atoms with Crippen LogP contribution in [-0.2, 0) is 9.63 Å². The first-order chi connectivity index (χ1) is 5.20. The molecule has 0 saturated carbocycles. The Morgan fingerprint density at radius 2 is 2.45 bits per heavy atom. The van der Waals surface area contributed by atoms with Crippen molar-refractivity contribution in [3.63, 3.8) is 0 Å². The molecule has 0 unspecified atom stereocenters. The van der Waals surface area contributed by atoms with Crippen LogP contribution in [0.2, 0.25) is 0 Å². The van der Waals surface area contributed by atoms with Crippen molar-refractivity contribution in [1.82, 2.24) is 5.06 Å². The maximum absolute atomic E-state index is 10.9. The molecule has 4 nitrogen and oxygen atoms in total. The fourth-order valence-electron chi connectivity index (χ4n) is 0.769. The van der Waals surface area contributed by atoms with Crippen molar-refractivity contribution in [1.29, 1.82) is 0 Å². The highest BCUT2D eigenvalue weighted by atomic mass is 32.2. The zero-order valence-electron chi connectivity index (χ0n) is 6.20. The molecule has 1 heterocycles. The van der Waals surface area contributed by atoms with E-state index in [0.717, 1.165) is 17.2 Å². The number of hydrogen-bond acceptors (Lipinski definition) is 4. The molecule has 0 aromatic heterocycles. The molecule has 1 amide bonds. The van der Waals surface area contributed by atoms with E-state index < -0.39 is 5.97 Å². The molecule has 0 aromatic carbocycles. The van der Waals surface area contributed by atoms with Crippen LogP contribution >= 0.6 is 11.8 Å². The van der Waals surface area contributed by atoms with Crippen molar-refractivity contribution in [2.45, 2.75) is 13.3 Å². The van der Waals surface area contributed by atoms with Gasteiger partial charge in [-0.3, -0.25) is 9.59 Å². The number of thioether (sulfide) groups is 1. The monoisotopic (exact) mass is 175 g/mol. The molecule has 0 bridgehead atoms. The second kappa shape index (κ2) is 3.61. The third kappa shape index (κ3) is 2.42. The number of hydroxylamine groups is 2. The van der Waals surface area contributed by atoms with Gasteiger partial charge in [-0.05, 0) is 6.42 Å². The SMILES string of the molecule is CC(=O)ON1CCCSC1=O. The highest BCUT2D eigenvalue weighted by Gasteiger charge is 2.21. The number of rotatable bonds is 1. The maximum Gasteiger partial charge on any atom is 0.329 e. The van der Waals surface area contributed by atoms with Crippen LogP contribution in [0.3, 0.4) is 0 Å². The van der Waals surface area contributed by atoms with Crippen molar-refractivity contribution in [2.24, 2.45) is 0 Å². The zero-order valence-corrected chi connectivity index (χ0v) is 7.02. The Labute approximate surface area is 68.8 Å². The van der Waals surface area contributed by atoms with Crippen molar-refractivity contribution in [3.05, 3.63) is 0 Å². The summed E-state index contributed by atoms with van der Waals surface area (Å²) in [5.41, 5.74) is 0. The summed E-state index contributed by atoms with van der Waals surface area (Å²) in [4.78, 5) is 26.0. The van der Waals surface area contributed by atoms with Gasteiger partial charge in [-0.25, -0.2) is 0 Å². The van der Waals surface area contributed by atoms with E-state index in [-0.39, 0.29) is 5.24 Å². The van der Waals surface area contributed by atoms with E-state index in [9.17, 15) is 9.59 Å². The molecule has 0 atom stereocenters. The number of hydrogen-bond donors (Lipinski definition) is 0. The van der Waals surface area contributed by atoms with Gasteiger partial charge < -0.3 is 4.84 Å². The molecule has 1 rings (SSSR count). The van der Waals surface area contributed by atoms with E-state index >= 15 is 0 Å². The van der Waals surface area contributed by atoms with Gasteiger partial charge in [-0.15, -0.1) is 0 Å². The predicted molar refractivity (Wildman–Crippen MR) is 40.9 cm³/mol. The van der Waals surface area contributed by atoms with E-state index in [1.54, 1.807) is 0 Å². The van der Waals surface area contributed by atoms with Crippen molar-refractivity contribution in [2.75, 3.05) is 12.3 Å². The lowest BCUT2D eigenvalue weighted by Gasteiger charge is -2.23. The number of carbonyl (C=O) groups is 2. The van der Waals surface area contributed by atoms with Crippen LogP contribution in [0.5, 0.6) is 0 Å². The highest BCUT2D eigenvalue weighted by molar-refractivity contribution is 8.13. The molecular weight excluding hydrogens is 166 g/mol. The Balaban J connectivity index is 2.42. The van der Waals surface area contributed by atoms with E-state index in [4.69, 9.17) is 0 Å². The molecule has 1 aliphatic rings. The Morgan fingerprint density at radius 3 is 3.00 bits per heavy atom. The summed E-state index contributed by atoms with van der Waals surface area (Å²) in [6.07, 6.45) is 0.879. The van der Waals surface area contributed by atoms with Crippen molar-refractivity contribution < 1.29 is 14.4 Å². The fourth-order valence-corrected chi connectivity index (χ4v) is 1.49. The summed E-state index contributed by atoms with van der Waals surface area (Å²) in [5, 5.41) is 0.933. The third-order valence-electron chi connectivity index (χ3n) is 1.17. The molecule has 0 aliphatic carbocycles. The van der Waals surface area contributed by atoms with Gasteiger partial charge in [0, 0.05) is 12.7 Å². The Hall–Kier alpha value is -0.710. The average molecular weight is 175 g/mol. The van der Waals surface area contributed by atoms with Crippen molar-refractivity contribution >= 4 is 23.0 Å². The fraction of sp³-hybridized carbons (Fsp3) is 0.667. The topological polar surface area (TPSA) is 46.6 Å². The molecule has 11 heavy (non-hydrogen) atoms. The molecule has 5 heteroatoms. The molecule has 0 radical (unpaired) electrons. The van der Waals surface area contributed by atoms with Crippen LogP contribution in [0.4, 0.5) is 4.79 Å². The van der Waals surface area contributed by atoms with Gasteiger partial charge in [0.1, 0.15) is 0 Å². The normalized spacial score (nSPS) is 18.3. The van der Waals surface area contributed by atoms with Gasteiger partial charge in [0.05, 0.1) is 6.54 Å². The van der Waals surface area contributed by atoms with Gasteiger partial charge >= 0.3 is 11.2 Å². The van der Waals surface area contributed by atoms with Gasteiger partial charge in [-0.1, -0.05) is 11.8 Å². The van der Waals surface area contributed by atoms with Gasteiger partial charge in [0.2, 0.25) is 0 Å². The third-order valence-corrected chi connectivity index (χ3v) is 2.12.